The Labute approximate surface area is 126 Å². The van der Waals surface area contributed by atoms with E-state index in [1.165, 1.54) is 11.8 Å². The van der Waals surface area contributed by atoms with Crippen LogP contribution in [0.5, 0.6) is 0 Å². The first-order valence-corrected chi connectivity index (χ1v) is 7.81. The van der Waals surface area contributed by atoms with Crippen molar-refractivity contribution in [3.8, 4) is 0 Å². The Kier molecular flexibility index (Phi) is 4.52. The van der Waals surface area contributed by atoms with Gasteiger partial charge in [-0.3, -0.25) is 9.89 Å². The lowest BCUT2D eigenvalue weighted by Gasteiger charge is -2.03. The Bertz CT molecular complexity index is 596. The first-order valence-electron chi connectivity index (χ1n) is 6.83. The monoisotopic (exact) mass is 304 g/mol. The molecule has 1 aliphatic rings. The summed E-state index contributed by atoms with van der Waals surface area (Å²) in [5.41, 5.74) is 0.790. The standard InChI is InChI=1S/C14H16N4O2S/c19-12(15-10-5-2-1-3-6-10)9-21-14-16-13(17-18-14)11-7-4-8-20-11/h1-3,5-6,11H,4,7-9H2,(H,15,19)(H,16,17,18). The van der Waals surface area contributed by atoms with E-state index in [0.29, 0.717) is 5.16 Å². The van der Waals surface area contributed by atoms with Gasteiger partial charge in [0.15, 0.2) is 5.82 Å². The highest BCUT2D eigenvalue weighted by Gasteiger charge is 2.21. The SMILES string of the molecule is O=C(CSc1n[nH]c(C2CCCO2)n1)Nc1ccccc1. The summed E-state index contributed by atoms with van der Waals surface area (Å²) in [4.78, 5) is 16.2. The zero-order chi connectivity index (χ0) is 14.5. The van der Waals surface area contributed by atoms with Crippen molar-refractivity contribution in [1.82, 2.24) is 15.2 Å². The Morgan fingerprint density at radius 1 is 1.43 bits per heavy atom. The van der Waals surface area contributed by atoms with E-state index in [4.69, 9.17) is 4.74 Å². The number of aromatic amines is 1. The van der Waals surface area contributed by atoms with E-state index in [0.717, 1.165) is 31.0 Å². The summed E-state index contributed by atoms with van der Waals surface area (Å²) in [6, 6.07) is 9.37. The number of benzene rings is 1. The van der Waals surface area contributed by atoms with Crippen LogP contribution >= 0.6 is 11.8 Å². The highest BCUT2D eigenvalue weighted by atomic mass is 32.2. The third-order valence-corrected chi connectivity index (χ3v) is 3.95. The minimum Gasteiger partial charge on any atom is -0.370 e. The van der Waals surface area contributed by atoms with Gasteiger partial charge in [-0.1, -0.05) is 30.0 Å². The van der Waals surface area contributed by atoms with E-state index in [1.54, 1.807) is 0 Å². The van der Waals surface area contributed by atoms with E-state index >= 15 is 0 Å². The summed E-state index contributed by atoms with van der Waals surface area (Å²) < 4.78 is 5.53. The summed E-state index contributed by atoms with van der Waals surface area (Å²) >= 11 is 1.31. The molecule has 0 saturated carbocycles. The number of hydrogen-bond donors (Lipinski definition) is 2. The molecule has 21 heavy (non-hydrogen) atoms. The highest BCUT2D eigenvalue weighted by molar-refractivity contribution is 7.99. The molecule has 2 aromatic rings. The quantitative estimate of drug-likeness (QED) is 0.829. The molecule has 1 aliphatic heterocycles. The molecule has 0 radical (unpaired) electrons. The fourth-order valence-electron chi connectivity index (χ4n) is 2.11. The Morgan fingerprint density at radius 3 is 3.05 bits per heavy atom. The van der Waals surface area contributed by atoms with Gasteiger partial charge in [0.05, 0.1) is 5.75 Å². The first-order chi connectivity index (χ1) is 10.3. The zero-order valence-electron chi connectivity index (χ0n) is 11.4. The lowest BCUT2D eigenvalue weighted by Crippen LogP contribution is -2.13. The number of aromatic nitrogens is 3. The van der Waals surface area contributed by atoms with Gasteiger partial charge in [0.1, 0.15) is 6.10 Å². The lowest BCUT2D eigenvalue weighted by atomic mass is 10.2. The third-order valence-electron chi connectivity index (χ3n) is 3.11. The molecule has 1 atom stereocenters. The topological polar surface area (TPSA) is 79.9 Å². The molecular formula is C14H16N4O2S. The number of thioether (sulfide) groups is 1. The van der Waals surface area contributed by atoms with Crippen LogP contribution in [-0.4, -0.2) is 33.4 Å². The van der Waals surface area contributed by atoms with Crippen molar-refractivity contribution in [1.29, 1.82) is 0 Å². The summed E-state index contributed by atoms with van der Waals surface area (Å²) in [5, 5.41) is 10.4. The normalized spacial score (nSPS) is 17.8. The van der Waals surface area contributed by atoms with Gasteiger partial charge in [-0.05, 0) is 25.0 Å². The van der Waals surface area contributed by atoms with Crippen LogP contribution in [0.1, 0.15) is 24.8 Å². The molecule has 1 saturated heterocycles. The average Bonchev–Trinajstić information content (AvgIpc) is 3.17. The van der Waals surface area contributed by atoms with Gasteiger partial charge in [-0.25, -0.2) is 4.98 Å². The van der Waals surface area contributed by atoms with Crippen molar-refractivity contribution in [2.45, 2.75) is 24.1 Å². The molecule has 1 unspecified atom stereocenters. The van der Waals surface area contributed by atoms with Crippen molar-refractivity contribution in [3.05, 3.63) is 36.2 Å². The fraction of sp³-hybridized carbons (Fsp3) is 0.357. The van der Waals surface area contributed by atoms with Gasteiger partial charge in [-0.2, -0.15) is 0 Å². The van der Waals surface area contributed by atoms with Crippen molar-refractivity contribution < 1.29 is 9.53 Å². The smallest absolute Gasteiger partial charge is 0.234 e. The van der Waals surface area contributed by atoms with Crippen LogP contribution in [0.2, 0.25) is 0 Å². The van der Waals surface area contributed by atoms with Gasteiger partial charge in [-0.15, -0.1) is 5.10 Å². The number of para-hydroxylation sites is 1. The van der Waals surface area contributed by atoms with Gasteiger partial charge in [0.25, 0.3) is 0 Å². The van der Waals surface area contributed by atoms with Crippen molar-refractivity contribution >= 4 is 23.4 Å². The van der Waals surface area contributed by atoms with Crippen LogP contribution < -0.4 is 5.32 Å². The maximum absolute atomic E-state index is 11.8. The Morgan fingerprint density at radius 2 is 2.29 bits per heavy atom. The molecular weight excluding hydrogens is 288 g/mol. The number of carbonyl (C=O) groups excluding carboxylic acids is 1. The minimum absolute atomic E-state index is 0.0185. The van der Waals surface area contributed by atoms with Gasteiger partial charge >= 0.3 is 0 Å². The number of nitrogens with one attached hydrogen (secondary N) is 2. The number of amides is 1. The number of rotatable bonds is 5. The summed E-state index contributed by atoms with van der Waals surface area (Å²) in [7, 11) is 0. The molecule has 110 valence electrons. The Balaban J connectivity index is 1.49. The second-order valence-electron chi connectivity index (χ2n) is 4.71. The molecule has 0 aliphatic carbocycles. The number of ether oxygens (including phenoxy) is 1. The molecule has 1 amide bonds. The van der Waals surface area contributed by atoms with Crippen LogP contribution in [0.15, 0.2) is 35.5 Å². The zero-order valence-corrected chi connectivity index (χ0v) is 12.2. The number of anilines is 1. The highest BCUT2D eigenvalue weighted by Crippen LogP contribution is 2.26. The number of carbonyl (C=O) groups is 1. The Hall–Kier alpha value is -1.86. The van der Waals surface area contributed by atoms with Crippen LogP contribution in [0.3, 0.4) is 0 Å². The fourth-order valence-corrected chi connectivity index (χ4v) is 2.71. The maximum atomic E-state index is 11.8. The minimum atomic E-state index is -0.0744. The molecule has 2 N–H and O–H groups in total. The van der Waals surface area contributed by atoms with Crippen molar-refractivity contribution in [2.75, 3.05) is 17.7 Å². The molecule has 0 spiro atoms. The second kappa shape index (κ2) is 6.73. The second-order valence-corrected chi connectivity index (χ2v) is 5.65. The van der Waals surface area contributed by atoms with Gasteiger partial charge in [0, 0.05) is 12.3 Å². The lowest BCUT2D eigenvalue weighted by molar-refractivity contribution is -0.113. The maximum Gasteiger partial charge on any atom is 0.234 e. The van der Waals surface area contributed by atoms with Crippen molar-refractivity contribution in [3.63, 3.8) is 0 Å². The number of hydrogen-bond acceptors (Lipinski definition) is 5. The van der Waals surface area contributed by atoms with E-state index in [1.807, 2.05) is 30.3 Å². The van der Waals surface area contributed by atoms with Crippen LogP contribution in [0.25, 0.3) is 0 Å². The predicted octanol–water partition coefficient (Wildman–Crippen LogP) is 2.39. The van der Waals surface area contributed by atoms with E-state index in [2.05, 4.69) is 20.5 Å². The first kappa shape index (κ1) is 14.1. The molecule has 0 bridgehead atoms. The molecule has 1 aromatic heterocycles. The van der Waals surface area contributed by atoms with E-state index in [-0.39, 0.29) is 17.8 Å². The molecule has 2 heterocycles. The van der Waals surface area contributed by atoms with Crippen LogP contribution in [0.4, 0.5) is 5.69 Å². The summed E-state index contributed by atoms with van der Waals surface area (Å²) in [6.07, 6.45) is 2.03. The van der Waals surface area contributed by atoms with Crippen LogP contribution in [-0.2, 0) is 9.53 Å². The van der Waals surface area contributed by atoms with Gasteiger partial charge in [0.2, 0.25) is 11.1 Å². The largest absolute Gasteiger partial charge is 0.370 e. The average molecular weight is 304 g/mol. The predicted molar refractivity (Wildman–Crippen MR) is 80.1 cm³/mol. The van der Waals surface area contributed by atoms with Gasteiger partial charge < -0.3 is 10.1 Å². The number of H-pyrrole nitrogens is 1. The van der Waals surface area contributed by atoms with Crippen LogP contribution in [0, 0.1) is 0 Å². The molecule has 1 fully saturated rings. The molecule has 6 nitrogen and oxygen atoms in total. The molecule has 3 rings (SSSR count). The summed E-state index contributed by atoms with van der Waals surface area (Å²) in [6.45, 7) is 0.771. The van der Waals surface area contributed by atoms with E-state index in [9.17, 15) is 4.79 Å². The number of nitrogens with zero attached hydrogens (tertiary/aromatic N) is 2. The molecule has 1 aromatic carbocycles. The van der Waals surface area contributed by atoms with Crippen molar-refractivity contribution in [2.24, 2.45) is 0 Å². The van der Waals surface area contributed by atoms with E-state index < -0.39 is 0 Å². The third kappa shape index (κ3) is 3.83. The molecule has 7 heteroatoms. The summed E-state index contributed by atoms with van der Waals surface area (Å²) in [5.74, 6) is 0.950.